The lowest BCUT2D eigenvalue weighted by Gasteiger charge is -2.55. The van der Waals surface area contributed by atoms with E-state index in [1.54, 1.807) is 33.1 Å². The van der Waals surface area contributed by atoms with Crippen LogP contribution < -0.4 is 0 Å². The molecular weight excluding hydrogens is 234 g/mol. The minimum Gasteiger partial charge on any atom is -0.370 e. The third kappa shape index (κ3) is 2.41. The van der Waals surface area contributed by atoms with Gasteiger partial charge in [0.1, 0.15) is 0 Å². The van der Waals surface area contributed by atoms with E-state index >= 15 is 0 Å². The van der Waals surface area contributed by atoms with Crippen LogP contribution in [0.1, 0.15) is 12.8 Å². The van der Waals surface area contributed by atoms with E-state index in [9.17, 15) is 15.3 Å². The van der Waals surface area contributed by atoms with Crippen molar-refractivity contribution < 1.29 is 15.3 Å². The number of hydrogen-bond acceptors (Lipinski definition) is 6. The van der Waals surface area contributed by atoms with E-state index in [0.29, 0.717) is 12.8 Å². The molecule has 1 fully saturated rings. The van der Waals surface area contributed by atoms with Crippen molar-refractivity contribution in [2.75, 3.05) is 42.3 Å². The second-order valence-corrected chi connectivity index (χ2v) is 5.97. The molecule has 0 radical (unpaired) electrons. The van der Waals surface area contributed by atoms with Gasteiger partial charge in [0.2, 0.25) is 5.79 Å². The Morgan fingerprint density at radius 2 is 1.39 bits per heavy atom. The molecule has 6 nitrogen and oxygen atoms in total. The van der Waals surface area contributed by atoms with Crippen molar-refractivity contribution in [3.8, 4) is 0 Å². The van der Waals surface area contributed by atoms with Crippen molar-refractivity contribution in [2.24, 2.45) is 0 Å². The van der Waals surface area contributed by atoms with Gasteiger partial charge >= 0.3 is 0 Å². The van der Waals surface area contributed by atoms with Gasteiger partial charge in [-0.1, -0.05) is 0 Å². The predicted octanol–water partition coefficient (Wildman–Crippen LogP) is -1.43. The Hall–Kier alpha value is -0.240. The van der Waals surface area contributed by atoms with Crippen LogP contribution >= 0.6 is 0 Å². The van der Waals surface area contributed by atoms with Crippen LogP contribution in [0.5, 0.6) is 0 Å². The molecule has 6 heteroatoms. The molecule has 3 unspecified atom stereocenters. The molecule has 18 heavy (non-hydrogen) atoms. The Morgan fingerprint density at radius 3 is 1.72 bits per heavy atom. The van der Waals surface area contributed by atoms with Crippen molar-refractivity contribution in [3.63, 3.8) is 0 Å². The SMILES string of the molecule is CN(C)C1CC(N(C)C)C(O)(O)C(O)(N(C)C)C1. The van der Waals surface area contributed by atoms with E-state index in [-0.39, 0.29) is 6.04 Å². The average Bonchev–Trinajstić information content (AvgIpc) is 2.20. The van der Waals surface area contributed by atoms with Gasteiger partial charge in [-0.25, -0.2) is 0 Å². The summed E-state index contributed by atoms with van der Waals surface area (Å²) >= 11 is 0. The highest BCUT2D eigenvalue weighted by molar-refractivity contribution is 5.06. The molecule has 0 aliphatic heterocycles. The maximum atomic E-state index is 10.7. The highest BCUT2D eigenvalue weighted by Crippen LogP contribution is 2.40. The molecule has 0 aromatic rings. The molecule has 3 N–H and O–H groups in total. The summed E-state index contributed by atoms with van der Waals surface area (Å²) in [4.78, 5) is 5.25. The molecule has 0 heterocycles. The molecule has 1 rings (SSSR count). The topological polar surface area (TPSA) is 70.4 Å². The molecule has 0 aromatic carbocycles. The minimum atomic E-state index is -2.16. The average molecular weight is 261 g/mol. The van der Waals surface area contributed by atoms with Gasteiger partial charge in [0, 0.05) is 12.5 Å². The van der Waals surface area contributed by atoms with Crippen molar-refractivity contribution in [3.05, 3.63) is 0 Å². The molecule has 108 valence electrons. The Morgan fingerprint density at radius 1 is 0.889 bits per heavy atom. The number of hydrogen-bond donors (Lipinski definition) is 3. The monoisotopic (exact) mass is 261 g/mol. The summed E-state index contributed by atoms with van der Waals surface area (Å²) in [7, 11) is 10.8. The summed E-state index contributed by atoms with van der Waals surface area (Å²) in [5.74, 6) is -2.16. The van der Waals surface area contributed by atoms with Crippen molar-refractivity contribution in [1.29, 1.82) is 0 Å². The van der Waals surface area contributed by atoms with Gasteiger partial charge in [0.15, 0.2) is 5.72 Å². The fourth-order valence-electron chi connectivity index (χ4n) is 2.73. The van der Waals surface area contributed by atoms with Gasteiger partial charge in [-0.15, -0.1) is 0 Å². The minimum absolute atomic E-state index is 0.0947. The summed E-state index contributed by atoms with van der Waals surface area (Å²) in [5.41, 5.74) is -1.66. The van der Waals surface area contributed by atoms with Crippen molar-refractivity contribution >= 4 is 0 Å². The summed E-state index contributed by atoms with van der Waals surface area (Å²) in [6.07, 6.45) is 0.896. The number of likely N-dealkylation sites (N-methyl/N-ethyl adjacent to an activating group) is 2. The lowest BCUT2D eigenvalue weighted by molar-refractivity contribution is -0.358. The molecule has 0 amide bonds. The normalized spacial score (nSPS) is 36.7. The van der Waals surface area contributed by atoms with Gasteiger partial charge in [0.05, 0.1) is 6.04 Å². The van der Waals surface area contributed by atoms with E-state index in [1.165, 1.54) is 4.90 Å². The first-order chi connectivity index (χ1) is 8.04. The third-order valence-corrected chi connectivity index (χ3v) is 4.16. The van der Waals surface area contributed by atoms with Crippen LogP contribution in [0.3, 0.4) is 0 Å². The van der Waals surface area contributed by atoms with Gasteiger partial charge in [-0.05, 0) is 48.7 Å². The van der Waals surface area contributed by atoms with Crippen LogP contribution in [0, 0.1) is 0 Å². The first-order valence-corrected chi connectivity index (χ1v) is 6.21. The van der Waals surface area contributed by atoms with E-state index in [4.69, 9.17) is 0 Å². The van der Waals surface area contributed by atoms with Gasteiger partial charge in [-0.2, -0.15) is 0 Å². The lowest BCUT2D eigenvalue weighted by atomic mass is 9.77. The second kappa shape index (κ2) is 5.03. The van der Waals surface area contributed by atoms with Crippen molar-refractivity contribution in [1.82, 2.24) is 14.7 Å². The Labute approximate surface area is 109 Å². The van der Waals surface area contributed by atoms with Crippen molar-refractivity contribution in [2.45, 2.75) is 36.4 Å². The first-order valence-electron chi connectivity index (χ1n) is 6.21. The fraction of sp³-hybridized carbons (Fsp3) is 1.00. The molecule has 1 aliphatic carbocycles. The molecule has 1 saturated carbocycles. The van der Waals surface area contributed by atoms with Gasteiger partial charge in [0.25, 0.3) is 0 Å². The number of rotatable bonds is 3. The summed E-state index contributed by atoms with van der Waals surface area (Å²) in [5, 5.41) is 31.5. The van der Waals surface area contributed by atoms with Crippen LogP contribution in [0.4, 0.5) is 0 Å². The number of nitrogens with zero attached hydrogens (tertiary/aromatic N) is 3. The van der Waals surface area contributed by atoms with E-state index < -0.39 is 17.6 Å². The summed E-state index contributed by atoms with van der Waals surface area (Å²) in [6.45, 7) is 0. The van der Waals surface area contributed by atoms with Crippen LogP contribution in [0.2, 0.25) is 0 Å². The standard InChI is InChI=1S/C12H27N3O3/c1-13(2)9-7-10(14(3)4)12(17,18)11(16,8-9)15(5)6/h9-10,16-18H,7-8H2,1-6H3. The molecule has 0 bridgehead atoms. The van der Waals surface area contributed by atoms with Gasteiger partial charge < -0.3 is 25.1 Å². The highest BCUT2D eigenvalue weighted by atomic mass is 16.5. The molecule has 0 saturated heterocycles. The van der Waals surface area contributed by atoms with E-state index in [2.05, 4.69) is 0 Å². The zero-order valence-corrected chi connectivity index (χ0v) is 12.3. The van der Waals surface area contributed by atoms with E-state index in [0.717, 1.165) is 0 Å². The first kappa shape index (κ1) is 15.8. The summed E-state index contributed by atoms with van der Waals surface area (Å²) < 4.78 is 0. The van der Waals surface area contributed by atoms with Crippen LogP contribution in [0.25, 0.3) is 0 Å². The highest BCUT2D eigenvalue weighted by Gasteiger charge is 2.60. The predicted molar refractivity (Wildman–Crippen MR) is 70.0 cm³/mol. The second-order valence-electron chi connectivity index (χ2n) is 5.97. The zero-order valence-electron chi connectivity index (χ0n) is 12.3. The van der Waals surface area contributed by atoms with Crippen LogP contribution in [0.15, 0.2) is 0 Å². The molecule has 0 aromatic heterocycles. The Kier molecular flexibility index (Phi) is 4.42. The third-order valence-electron chi connectivity index (χ3n) is 4.16. The Bertz CT molecular complexity index is 294. The van der Waals surface area contributed by atoms with Crippen LogP contribution in [-0.4, -0.2) is 95.9 Å². The maximum Gasteiger partial charge on any atom is 0.223 e. The van der Waals surface area contributed by atoms with Crippen LogP contribution in [-0.2, 0) is 0 Å². The zero-order chi connectivity index (χ0) is 14.3. The summed E-state index contributed by atoms with van der Waals surface area (Å²) in [6, 6.07) is -0.428. The molecular formula is C12H27N3O3. The molecule has 1 aliphatic rings. The Balaban J connectivity index is 3.15. The smallest absolute Gasteiger partial charge is 0.223 e. The number of aliphatic hydroxyl groups is 3. The fourth-order valence-corrected chi connectivity index (χ4v) is 2.73. The molecule has 3 atom stereocenters. The largest absolute Gasteiger partial charge is 0.370 e. The van der Waals surface area contributed by atoms with E-state index in [1.807, 2.05) is 19.0 Å². The lowest BCUT2D eigenvalue weighted by Crippen LogP contribution is -2.74. The van der Waals surface area contributed by atoms with Gasteiger partial charge in [-0.3, -0.25) is 4.90 Å². The maximum absolute atomic E-state index is 10.7. The quantitative estimate of drug-likeness (QED) is 0.541. The molecule has 0 spiro atoms.